The quantitative estimate of drug-likeness (QED) is 0.467. The van der Waals surface area contributed by atoms with E-state index in [1.807, 2.05) is 0 Å². The number of nitrogens with zero attached hydrogens (tertiary/aromatic N) is 2. The van der Waals surface area contributed by atoms with Crippen molar-refractivity contribution in [2.24, 2.45) is 5.73 Å². The predicted molar refractivity (Wildman–Crippen MR) is 55.1 cm³/mol. The van der Waals surface area contributed by atoms with Gasteiger partial charge in [-0.15, -0.1) is 0 Å². The van der Waals surface area contributed by atoms with E-state index < -0.39 is 0 Å². The van der Waals surface area contributed by atoms with Crippen LogP contribution in [0.2, 0.25) is 0 Å². The van der Waals surface area contributed by atoms with Crippen LogP contribution in [0.15, 0.2) is 0 Å². The van der Waals surface area contributed by atoms with Gasteiger partial charge in [-0.25, -0.2) is 0 Å². The molecule has 1 saturated heterocycles. The van der Waals surface area contributed by atoms with Gasteiger partial charge in [0.05, 0.1) is 6.54 Å². The fraction of sp³-hybridized carbons (Fsp3) is 0.889. The highest BCUT2D eigenvalue weighted by Crippen LogP contribution is 2.18. The van der Waals surface area contributed by atoms with Crippen LogP contribution in [0.25, 0.3) is 0 Å². The number of hydrogen-bond acceptors (Lipinski definition) is 3. The zero-order chi connectivity index (χ0) is 10.1. The third kappa shape index (κ3) is 2.67. The standard InChI is InChI=1S/C9H20N4/c1-9(2)7-13(6-8(10)11)5-4-12(9)3/h4-7H2,1-3H3,(H3,10,11). The highest BCUT2D eigenvalue weighted by molar-refractivity contribution is 5.78. The molecule has 3 N–H and O–H groups in total. The van der Waals surface area contributed by atoms with Crippen LogP contribution in [-0.4, -0.2) is 54.4 Å². The third-order valence-electron chi connectivity index (χ3n) is 2.79. The van der Waals surface area contributed by atoms with Crippen LogP contribution in [0.1, 0.15) is 13.8 Å². The maximum atomic E-state index is 7.23. The summed E-state index contributed by atoms with van der Waals surface area (Å²) in [5.41, 5.74) is 5.58. The smallest absolute Gasteiger partial charge is 0.105 e. The molecular formula is C9H20N4. The maximum absolute atomic E-state index is 7.23. The van der Waals surface area contributed by atoms with Crippen LogP contribution in [-0.2, 0) is 0 Å². The molecule has 1 heterocycles. The van der Waals surface area contributed by atoms with Crippen molar-refractivity contribution in [3.63, 3.8) is 0 Å². The Morgan fingerprint density at radius 2 is 2.08 bits per heavy atom. The van der Waals surface area contributed by atoms with Gasteiger partial charge in [-0.1, -0.05) is 0 Å². The van der Waals surface area contributed by atoms with Crippen LogP contribution in [0.4, 0.5) is 0 Å². The Kier molecular flexibility index (Phi) is 2.93. The molecule has 0 aromatic carbocycles. The molecule has 0 amide bonds. The fourth-order valence-corrected chi connectivity index (χ4v) is 1.72. The molecule has 0 bridgehead atoms. The van der Waals surface area contributed by atoms with Crippen LogP contribution in [0.5, 0.6) is 0 Å². The van der Waals surface area contributed by atoms with Crippen LogP contribution in [0, 0.1) is 5.41 Å². The fourth-order valence-electron chi connectivity index (χ4n) is 1.72. The van der Waals surface area contributed by atoms with Gasteiger partial charge in [-0.3, -0.25) is 15.2 Å². The predicted octanol–water partition coefficient (Wildman–Crippen LogP) is -0.0516. The largest absolute Gasteiger partial charge is 0.387 e. The van der Waals surface area contributed by atoms with Crippen molar-refractivity contribution in [3.05, 3.63) is 0 Å². The highest BCUT2D eigenvalue weighted by atomic mass is 15.3. The van der Waals surface area contributed by atoms with Gasteiger partial charge in [0.25, 0.3) is 0 Å². The summed E-state index contributed by atoms with van der Waals surface area (Å²) in [7, 11) is 2.14. The molecule has 4 nitrogen and oxygen atoms in total. The van der Waals surface area contributed by atoms with Gasteiger partial charge in [0.15, 0.2) is 0 Å². The lowest BCUT2D eigenvalue weighted by Crippen LogP contribution is -2.58. The van der Waals surface area contributed by atoms with Crippen LogP contribution < -0.4 is 5.73 Å². The molecule has 4 heteroatoms. The van der Waals surface area contributed by atoms with Crippen molar-refractivity contribution in [3.8, 4) is 0 Å². The average molecular weight is 184 g/mol. The van der Waals surface area contributed by atoms with Crippen LogP contribution in [0.3, 0.4) is 0 Å². The third-order valence-corrected chi connectivity index (χ3v) is 2.79. The summed E-state index contributed by atoms with van der Waals surface area (Å²) in [4.78, 5) is 4.59. The van der Waals surface area contributed by atoms with Crippen molar-refractivity contribution in [1.29, 1.82) is 5.41 Å². The summed E-state index contributed by atoms with van der Waals surface area (Å²) in [6.45, 7) is 8.11. The van der Waals surface area contributed by atoms with E-state index in [2.05, 4.69) is 30.7 Å². The van der Waals surface area contributed by atoms with Gasteiger partial charge in [0, 0.05) is 25.2 Å². The molecule has 1 aliphatic rings. The van der Waals surface area contributed by atoms with Gasteiger partial charge in [0.1, 0.15) is 5.84 Å². The van der Waals surface area contributed by atoms with E-state index in [-0.39, 0.29) is 11.4 Å². The van der Waals surface area contributed by atoms with E-state index in [0.717, 1.165) is 19.6 Å². The van der Waals surface area contributed by atoms with E-state index in [0.29, 0.717) is 6.54 Å². The van der Waals surface area contributed by atoms with Crippen molar-refractivity contribution in [1.82, 2.24) is 9.80 Å². The molecule has 0 atom stereocenters. The molecular weight excluding hydrogens is 164 g/mol. The Labute approximate surface area is 80.2 Å². The molecule has 0 aliphatic carbocycles. The molecule has 0 aromatic heterocycles. The number of piperazine rings is 1. The molecule has 0 aromatic rings. The minimum absolute atomic E-state index is 0.202. The Morgan fingerprint density at radius 1 is 1.46 bits per heavy atom. The van der Waals surface area contributed by atoms with Crippen LogP contribution >= 0.6 is 0 Å². The Morgan fingerprint density at radius 3 is 2.54 bits per heavy atom. The minimum atomic E-state index is 0.202. The first-order chi connectivity index (χ1) is 5.92. The van der Waals surface area contributed by atoms with E-state index in [9.17, 15) is 0 Å². The van der Waals surface area contributed by atoms with Gasteiger partial charge < -0.3 is 5.73 Å². The second kappa shape index (κ2) is 3.64. The molecule has 1 aliphatic heterocycles. The first-order valence-corrected chi connectivity index (χ1v) is 4.68. The van der Waals surface area contributed by atoms with Gasteiger partial charge in [-0.05, 0) is 20.9 Å². The zero-order valence-corrected chi connectivity index (χ0v) is 8.80. The monoisotopic (exact) mass is 184 g/mol. The number of hydrogen-bond donors (Lipinski definition) is 2. The van der Waals surface area contributed by atoms with E-state index in [1.54, 1.807) is 0 Å². The summed E-state index contributed by atoms with van der Waals surface area (Å²) < 4.78 is 0. The lowest BCUT2D eigenvalue weighted by Gasteiger charge is -2.45. The number of rotatable bonds is 2. The molecule has 0 spiro atoms. The minimum Gasteiger partial charge on any atom is -0.387 e. The molecule has 0 radical (unpaired) electrons. The first kappa shape index (κ1) is 10.5. The van der Waals surface area contributed by atoms with Crippen molar-refractivity contribution < 1.29 is 0 Å². The maximum Gasteiger partial charge on any atom is 0.105 e. The number of amidine groups is 1. The zero-order valence-electron chi connectivity index (χ0n) is 8.80. The molecule has 0 saturated carbocycles. The SMILES string of the molecule is CN1CCN(CC(=N)N)CC1(C)C. The summed E-state index contributed by atoms with van der Waals surface area (Å²) in [5.74, 6) is 0.264. The van der Waals surface area contributed by atoms with Crippen molar-refractivity contribution >= 4 is 5.84 Å². The summed E-state index contributed by atoms with van der Waals surface area (Å²) >= 11 is 0. The summed E-state index contributed by atoms with van der Waals surface area (Å²) in [5, 5.41) is 7.23. The van der Waals surface area contributed by atoms with Crippen molar-refractivity contribution in [2.75, 3.05) is 33.2 Å². The normalized spacial score (nSPS) is 24.5. The number of nitrogens with one attached hydrogen (secondary N) is 1. The highest BCUT2D eigenvalue weighted by Gasteiger charge is 2.30. The first-order valence-electron chi connectivity index (χ1n) is 4.68. The topological polar surface area (TPSA) is 56.4 Å². The van der Waals surface area contributed by atoms with E-state index in [1.165, 1.54) is 0 Å². The van der Waals surface area contributed by atoms with Gasteiger partial charge in [0.2, 0.25) is 0 Å². The second-order valence-electron chi connectivity index (χ2n) is 4.47. The number of nitrogens with two attached hydrogens (primary N) is 1. The molecule has 1 rings (SSSR count). The lowest BCUT2D eigenvalue weighted by atomic mass is 10.00. The number of likely N-dealkylation sites (N-methyl/N-ethyl adjacent to an activating group) is 1. The lowest BCUT2D eigenvalue weighted by molar-refractivity contribution is 0.0482. The Bertz CT molecular complexity index is 200. The van der Waals surface area contributed by atoms with Gasteiger partial charge >= 0.3 is 0 Å². The second-order valence-corrected chi connectivity index (χ2v) is 4.47. The summed E-state index contributed by atoms with van der Waals surface area (Å²) in [6, 6.07) is 0. The Balaban J connectivity index is 2.50. The van der Waals surface area contributed by atoms with E-state index >= 15 is 0 Å². The Hall–Kier alpha value is -0.610. The molecule has 1 fully saturated rings. The average Bonchev–Trinajstić information content (AvgIpc) is 1.95. The van der Waals surface area contributed by atoms with E-state index in [4.69, 9.17) is 11.1 Å². The molecule has 76 valence electrons. The molecule has 13 heavy (non-hydrogen) atoms. The van der Waals surface area contributed by atoms with Crippen molar-refractivity contribution in [2.45, 2.75) is 19.4 Å². The summed E-state index contributed by atoms with van der Waals surface area (Å²) in [6.07, 6.45) is 0. The molecule has 0 unspecified atom stereocenters. The van der Waals surface area contributed by atoms with Gasteiger partial charge in [-0.2, -0.15) is 0 Å².